The van der Waals surface area contributed by atoms with Crippen LogP contribution in [0.15, 0.2) is 30.3 Å². The van der Waals surface area contributed by atoms with Crippen LogP contribution in [0.2, 0.25) is 0 Å². The molecule has 2 N–H and O–H groups in total. The second-order valence-corrected chi connectivity index (χ2v) is 7.54. The molecule has 0 amide bonds. The first-order valence-corrected chi connectivity index (χ1v) is 10.7. The zero-order valence-corrected chi connectivity index (χ0v) is 18.3. The van der Waals surface area contributed by atoms with Gasteiger partial charge >= 0.3 is 5.97 Å². The fourth-order valence-corrected chi connectivity index (χ4v) is 3.57. The van der Waals surface area contributed by atoms with Crippen molar-refractivity contribution in [2.45, 2.75) is 53.4 Å². The first-order chi connectivity index (χ1) is 14.5. The van der Waals surface area contributed by atoms with Gasteiger partial charge in [-0.25, -0.2) is 0 Å². The number of anilines is 1. The first kappa shape index (κ1) is 21.7. The van der Waals surface area contributed by atoms with Crippen LogP contribution in [0.3, 0.4) is 0 Å². The number of aromatic amines is 1. The third-order valence-electron chi connectivity index (χ3n) is 5.06. The Hall–Kier alpha value is -3.02. The number of nitrogens with zero attached hydrogens (tertiary/aromatic N) is 1. The predicted molar refractivity (Wildman–Crippen MR) is 120 cm³/mol. The van der Waals surface area contributed by atoms with Gasteiger partial charge in [0.1, 0.15) is 18.0 Å². The van der Waals surface area contributed by atoms with Gasteiger partial charge in [-0.1, -0.05) is 19.8 Å². The summed E-state index contributed by atoms with van der Waals surface area (Å²) in [6, 6.07) is 9.96. The predicted octanol–water partition coefficient (Wildman–Crippen LogP) is 5.68. The summed E-state index contributed by atoms with van der Waals surface area (Å²) >= 11 is 0. The number of aromatic nitrogens is 2. The topological polar surface area (TPSA) is 76.2 Å². The highest BCUT2D eigenvalue weighted by atomic mass is 16.5. The Bertz CT molecular complexity index is 987. The Morgan fingerprint density at radius 2 is 1.87 bits per heavy atom. The molecule has 0 aliphatic carbocycles. The summed E-state index contributed by atoms with van der Waals surface area (Å²) in [7, 11) is 0. The summed E-state index contributed by atoms with van der Waals surface area (Å²) in [5.74, 6) is 1.35. The number of H-pyrrole nitrogens is 1. The van der Waals surface area contributed by atoms with Crippen LogP contribution in [-0.4, -0.2) is 29.3 Å². The molecular weight excluding hydrogens is 378 g/mol. The Labute approximate surface area is 178 Å². The molecule has 3 aromatic rings. The van der Waals surface area contributed by atoms with Crippen molar-refractivity contribution in [2.24, 2.45) is 0 Å². The van der Waals surface area contributed by atoms with Crippen molar-refractivity contribution in [3.8, 4) is 11.5 Å². The molecule has 0 atom stereocenters. The van der Waals surface area contributed by atoms with E-state index in [1.165, 1.54) is 12.8 Å². The molecule has 3 rings (SSSR count). The van der Waals surface area contributed by atoms with Crippen LogP contribution < -0.4 is 10.1 Å². The van der Waals surface area contributed by atoms with E-state index in [2.05, 4.69) is 28.5 Å². The molecule has 0 bridgehead atoms. The molecule has 6 heteroatoms. The number of hydrogen-bond donors (Lipinski definition) is 2. The minimum absolute atomic E-state index is 0.144. The summed E-state index contributed by atoms with van der Waals surface area (Å²) in [6.07, 6.45) is 4.55. The molecule has 0 saturated heterocycles. The van der Waals surface area contributed by atoms with Gasteiger partial charge in [0.2, 0.25) is 0 Å². The van der Waals surface area contributed by atoms with E-state index >= 15 is 0 Å². The maximum atomic E-state index is 11.6. The fourth-order valence-electron chi connectivity index (χ4n) is 3.57. The fraction of sp³-hybridized carbons (Fsp3) is 0.417. The second-order valence-electron chi connectivity index (χ2n) is 7.54. The third-order valence-corrected chi connectivity index (χ3v) is 5.06. The van der Waals surface area contributed by atoms with E-state index in [1.807, 2.05) is 38.1 Å². The Morgan fingerprint density at radius 1 is 1.10 bits per heavy atom. The van der Waals surface area contributed by atoms with Gasteiger partial charge in [-0.2, -0.15) is 5.10 Å². The third kappa shape index (κ3) is 5.32. The highest BCUT2D eigenvalue weighted by molar-refractivity contribution is 5.83. The SMILES string of the molecule is CCCCCc1[nH]nc2ccc(Oc3c(C)cc(NCC(=O)OCC)cc3C)cc12. The molecule has 160 valence electrons. The number of hydrogen-bond acceptors (Lipinski definition) is 5. The van der Waals surface area contributed by atoms with Crippen LogP contribution in [0.5, 0.6) is 11.5 Å². The summed E-state index contributed by atoms with van der Waals surface area (Å²) in [4.78, 5) is 11.6. The van der Waals surface area contributed by atoms with E-state index in [9.17, 15) is 4.79 Å². The Morgan fingerprint density at radius 3 is 2.57 bits per heavy atom. The summed E-state index contributed by atoms with van der Waals surface area (Å²) < 4.78 is 11.2. The van der Waals surface area contributed by atoms with Crippen molar-refractivity contribution in [3.63, 3.8) is 0 Å². The molecule has 30 heavy (non-hydrogen) atoms. The summed E-state index contributed by atoms with van der Waals surface area (Å²) in [5.41, 5.74) is 4.99. The lowest BCUT2D eigenvalue weighted by molar-refractivity contribution is -0.140. The number of aryl methyl sites for hydroxylation is 3. The average molecular weight is 410 g/mol. The van der Waals surface area contributed by atoms with Crippen LogP contribution in [0.4, 0.5) is 5.69 Å². The number of rotatable bonds is 10. The van der Waals surface area contributed by atoms with Gasteiger partial charge in [0, 0.05) is 16.8 Å². The number of benzene rings is 2. The molecule has 0 aliphatic rings. The van der Waals surface area contributed by atoms with E-state index in [4.69, 9.17) is 9.47 Å². The number of carbonyl (C=O) groups excluding carboxylic acids is 1. The van der Waals surface area contributed by atoms with Crippen LogP contribution in [0, 0.1) is 13.8 Å². The van der Waals surface area contributed by atoms with E-state index in [-0.39, 0.29) is 12.5 Å². The molecule has 0 saturated carbocycles. The van der Waals surface area contributed by atoms with Gasteiger partial charge in [0.05, 0.1) is 12.1 Å². The van der Waals surface area contributed by atoms with Gasteiger partial charge in [-0.3, -0.25) is 9.89 Å². The zero-order valence-electron chi connectivity index (χ0n) is 18.3. The summed E-state index contributed by atoms with van der Waals surface area (Å²) in [6.45, 7) is 8.54. The number of carbonyl (C=O) groups is 1. The van der Waals surface area contributed by atoms with Gasteiger partial charge in [-0.15, -0.1) is 0 Å². The molecule has 0 fully saturated rings. The van der Waals surface area contributed by atoms with Crippen molar-refractivity contribution < 1.29 is 14.3 Å². The molecule has 6 nitrogen and oxygen atoms in total. The number of esters is 1. The molecular formula is C24H31N3O3. The molecule has 1 heterocycles. The van der Waals surface area contributed by atoms with E-state index < -0.39 is 0 Å². The zero-order chi connectivity index (χ0) is 21.5. The molecule has 0 radical (unpaired) electrons. The highest BCUT2D eigenvalue weighted by Crippen LogP contribution is 2.33. The first-order valence-electron chi connectivity index (χ1n) is 10.7. The highest BCUT2D eigenvalue weighted by Gasteiger charge is 2.11. The molecule has 0 unspecified atom stereocenters. The van der Waals surface area contributed by atoms with E-state index in [1.54, 1.807) is 6.92 Å². The molecule has 0 aliphatic heterocycles. The lowest BCUT2D eigenvalue weighted by Gasteiger charge is -2.15. The Balaban J connectivity index is 1.76. The van der Waals surface area contributed by atoms with Gasteiger partial charge in [-0.05, 0) is 75.1 Å². The number of fused-ring (bicyclic) bond motifs is 1. The van der Waals surface area contributed by atoms with Crippen LogP contribution in [0.25, 0.3) is 10.9 Å². The van der Waals surface area contributed by atoms with Gasteiger partial charge < -0.3 is 14.8 Å². The average Bonchev–Trinajstić information content (AvgIpc) is 3.12. The summed E-state index contributed by atoms with van der Waals surface area (Å²) in [5, 5.41) is 11.8. The van der Waals surface area contributed by atoms with Crippen molar-refractivity contribution in [2.75, 3.05) is 18.5 Å². The van der Waals surface area contributed by atoms with E-state index in [0.717, 1.165) is 57.8 Å². The van der Waals surface area contributed by atoms with Crippen LogP contribution in [0.1, 0.15) is 49.9 Å². The minimum atomic E-state index is -0.267. The normalized spacial score (nSPS) is 10.9. The number of ether oxygens (including phenoxy) is 2. The number of nitrogens with one attached hydrogen (secondary N) is 2. The lowest BCUT2D eigenvalue weighted by atomic mass is 10.1. The standard InChI is InChI=1S/C24H31N3O3/c1-5-7-8-9-21-20-14-19(10-11-22(20)27-26-21)30-24-16(3)12-18(13-17(24)4)25-15-23(28)29-6-2/h10-14,25H,5-9,15H2,1-4H3,(H,26,27). The smallest absolute Gasteiger partial charge is 0.325 e. The van der Waals surface area contributed by atoms with Crippen LogP contribution in [-0.2, 0) is 16.0 Å². The largest absolute Gasteiger partial charge is 0.465 e. The van der Waals surface area contributed by atoms with E-state index in [0.29, 0.717) is 6.61 Å². The van der Waals surface area contributed by atoms with Crippen molar-refractivity contribution in [1.82, 2.24) is 10.2 Å². The maximum absolute atomic E-state index is 11.6. The second kappa shape index (κ2) is 10.1. The maximum Gasteiger partial charge on any atom is 0.325 e. The lowest BCUT2D eigenvalue weighted by Crippen LogP contribution is -2.16. The minimum Gasteiger partial charge on any atom is -0.465 e. The Kier molecular flexibility index (Phi) is 7.33. The van der Waals surface area contributed by atoms with Gasteiger partial charge in [0.25, 0.3) is 0 Å². The van der Waals surface area contributed by atoms with Gasteiger partial charge in [0.15, 0.2) is 0 Å². The van der Waals surface area contributed by atoms with Crippen molar-refractivity contribution in [3.05, 3.63) is 47.2 Å². The monoisotopic (exact) mass is 409 g/mol. The van der Waals surface area contributed by atoms with Crippen molar-refractivity contribution >= 4 is 22.6 Å². The molecule has 0 spiro atoms. The quantitative estimate of drug-likeness (QED) is 0.333. The molecule has 2 aromatic carbocycles. The number of unbranched alkanes of at least 4 members (excludes halogenated alkanes) is 2. The molecule has 1 aromatic heterocycles. The van der Waals surface area contributed by atoms with Crippen molar-refractivity contribution in [1.29, 1.82) is 0 Å². The van der Waals surface area contributed by atoms with Crippen LogP contribution >= 0.6 is 0 Å².